The monoisotopic (exact) mass is 247 g/mol. The molecule has 0 unspecified atom stereocenters. The van der Waals surface area contributed by atoms with Gasteiger partial charge in [0.2, 0.25) is 0 Å². The van der Waals surface area contributed by atoms with E-state index in [0.29, 0.717) is 0 Å². The summed E-state index contributed by atoms with van der Waals surface area (Å²) in [5.74, 6) is 0. The molecule has 0 heteroatoms. The maximum atomic E-state index is 3.17. The molecule has 0 heterocycles. The van der Waals surface area contributed by atoms with Crippen molar-refractivity contribution in [1.82, 2.24) is 0 Å². The van der Waals surface area contributed by atoms with Gasteiger partial charge in [-0.25, -0.2) is 0 Å². The first-order chi connectivity index (χ1) is 9.50. The van der Waals surface area contributed by atoms with Gasteiger partial charge in [-0.3, -0.25) is 0 Å². The van der Waals surface area contributed by atoms with E-state index >= 15 is 0 Å². The Morgan fingerprint density at radius 1 is 0.421 bits per heavy atom. The van der Waals surface area contributed by atoms with Crippen LogP contribution >= 0.6 is 0 Å². The number of rotatable bonds is 0. The molecular formula is C19H19. The van der Waals surface area contributed by atoms with Crippen LogP contribution < -0.4 is 0 Å². The molecule has 0 amide bonds. The van der Waals surface area contributed by atoms with Gasteiger partial charge in [0.15, 0.2) is 0 Å². The van der Waals surface area contributed by atoms with Gasteiger partial charge in [0.05, 0.1) is 0 Å². The minimum absolute atomic E-state index is 0.825. The fraction of sp³-hybridized carbons (Fsp3) is 0.0526. The third-order valence-electron chi connectivity index (χ3n) is 2.14. The predicted molar refractivity (Wildman–Crippen MR) is 85.6 cm³/mol. The van der Waals surface area contributed by atoms with Crippen LogP contribution in [0.25, 0.3) is 0 Å². The second-order valence-corrected chi connectivity index (χ2v) is 3.70. The fourth-order valence-electron chi connectivity index (χ4n) is 1.24. The van der Waals surface area contributed by atoms with Gasteiger partial charge >= 0.3 is 0 Å². The molecule has 0 aromatic heterocycles. The Morgan fingerprint density at radius 2 is 0.789 bits per heavy atom. The topological polar surface area (TPSA) is 0 Å². The van der Waals surface area contributed by atoms with Crippen LogP contribution in [0, 0.1) is 6.08 Å². The van der Waals surface area contributed by atoms with Crippen molar-refractivity contribution in [3.05, 3.63) is 109 Å². The zero-order valence-electron chi connectivity index (χ0n) is 11.0. The van der Waals surface area contributed by atoms with Crippen LogP contribution in [-0.2, 0) is 0 Å². The van der Waals surface area contributed by atoms with E-state index in [-0.39, 0.29) is 0 Å². The van der Waals surface area contributed by atoms with Crippen molar-refractivity contribution in [3.63, 3.8) is 0 Å². The molecule has 0 atom stereocenters. The van der Waals surface area contributed by atoms with Crippen LogP contribution in [0.5, 0.6) is 0 Å². The molecule has 0 N–H and O–H groups in total. The fourth-order valence-corrected chi connectivity index (χ4v) is 1.24. The van der Waals surface area contributed by atoms with Gasteiger partial charge in [0.25, 0.3) is 0 Å². The average molecular weight is 247 g/mol. The van der Waals surface area contributed by atoms with Crippen molar-refractivity contribution < 1.29 is 0 Å². The smallest absolute Gasteiger partial charge is 0.00915 e. The third-order valence-corrected chi connectivity index (χ3v) is 2.14. The van der Waals surface area contributed by atoms with Gasteiger partial charge in [0.1, 0.15) is 0 Å². The highest BCUT2D eigenvalue weighted by Gasteiger charge is 1.70. The average Bonchev–Trinajstić information content (AvgIpc) is 2.43. The number of hydrogen-bond acceptors (Lipinski definition) is 0. The van der Waals surface area contributed by atoms with E-state index in [1.54, 1.807) is 0 Å². The summed E-state index contributed by atoms with van der Waals surface area (Å²) < 4.78 is 0. The molecule has 0 aromatic rings. The first-order valence-corrected chi connectivity index (χ1v) is 6.38. The Labute approximate surface area is 116 Å². The molecule has 0 aliphatic heterocycles. The van der Waals surface area contributed by atoms with Crippen LogP contribution in [-0.4, -0.2) is 0 Å². The minimum atomic E-state index is 0.825. The first-order valence-electron chi connectivity index (χ1n) is 6.38. The Morgan fingerprint density at radius 3 is 1.26 bits per heavy atom. The largest absolute Gasteiger partial charge is 0.0801 e. The molecule has 95 valence electrons. The van der Waals surface area contributed by atoms with Crippen LogP contribution in [0.3, 0.4) is 0 Å². The predicted octanol–water partition coefficient (Wildman–Crippen LogP) is 5.20. The summed E-state index contributed by atoms with van der Waals surface area (Å²) in [7, 11) is 0. The molecule has 0 bridgehead atoms. The molecule has 19 heavy (non-hydrogen) atoms. The van der Waals surface area contributed by atoms with E-state index in [9.17, 15) is 0 Å². The van der Waals surface area contributed by atoms with Crippen LogP contribution in [0.1, 0.15) is 6.42 Å². The van der Waals surface area contributed by atoms with Crippen molar-refractivity contribution >= 4 is 0 Å². The Bertz CT molecular complexity index is 428. The van der Waals surface area contributed by atoms with E-state index in [0.717, 1.165) is 6.42 Å². The summed E-state index contributed by atoms with van der Waals surface area (Å²) in [6.45, 7) is 0. The second-order valence-electron chi connectivity index (χ2n) is 3.70. The second kappa shape index (κ2) is 12.1. The van der Waals surface area contributed by atoms with Gasteiger partial charge in [0, 0.05) is 0 Å². The standard InChI is InChI=1S/C19H19/c1-2-4-6-8-10-12-14-16-18-19-17-15-13-11-9-7-5-3-1/h1-17H,18H2/b3-1+,4-2+,7-5-,8-6-,11-9+,12-10+,15-13+,16-14+,19-17?. The van der Waals surface area contributed by atoms with E-state index in [2.05, 4.69) is 12.2 Å². The van der Waals surface area contributed by atoms with Gasteiger partial charge < -0.3 is 0 Å². The maximum absolute atomic E-state index is 3.17. The van der Waals surface area contributed by atoms with Gasteiger partial charge in [-0.05, 0) is 12.5 Å². The van der Waals surface area contributed by atoms with Crippen molar-refractivity contribution in [2.45, 2.75) is 6.42 Å². The summed E-state index contributed by atoms with van der Waals surface area (Å²) in [4.78, 5) is 0. The molecule has 0 saturated carbocycles. The van der Waals surface area contributed by atoms with Crippen molar-refractivity contribution in [1.29, 1.82) is 0 Å². The molecule has 1 aliphatic rings. The molecule has 0 saturated heterocycles. The zero-order valence-corrected chi connectivity index (χ0v) is 11.0. The molecule has 0 nitrogen and oxygen atoms in total. The maximum Gasteiger partial charge on any atom is -0.00915 e. The molecule has 0 spiro atoms. The molecule has 1 rings (SSSR count). The normalized spacial score (nSPS) is 31.6. The van der Waals surface area contributed by atoms with Gasteiger partial charge in [-0.1, -0.05) is 103 Å². The Balaban J connectivity index is 2.63. The molecule has 0 fully saturated rings. The summed E-state index contributed by atoms with van der Waals surface area (Å²) in [5, 5.41) is 0. The van der Waals surface area contributed by atoms with Crippen molar-refractivity contribution in [3.8, 4) is 0 Å². The summed E-state index contributed by atoms with van der Waals surface area (Å²) in [6, 6.07) is 0. The zero-order chi connectivity index (χ0) is 13.4. The SMILES string of the molecule is [C]1=C/C=C/C=C/C=C\C=C\C=C\C=C/C=C/C=C/C/1. The van der Waals surface area contributed by atoms with E-state index < -0.39 is 0 Å². The van der Waals surface area contributed by atoms with E-state index in [4.69, 9.17) is 0 Å². The van der Waals surface area contributed by atoms with Gasteiger partial charge in [-0.15, -0.1) is 0 Å². The summed E-state index contributed by atoms with van der Waals surface area (Å²) in [5.41, 5.74) is 0. The number of hydrogen-bond donors (Lipinski definition) is 0. The van der Waals surface area contributed by atoms with Crippen LogP contribution in [0.15, 0.2) is 103 Å². The van der Waals surface area contributed by atoms with Gasteiger partial charge in [-0.2, -0.15) is 0 Å². The molecule has 0 aromatic carbocycles. The van der Waals surface area contributed by atoms with Crippen LogP contribution in [0.2, 0.25) is 0 Å². The summed E-state index contributed by atoms with van der Waals surface area (Å²) >= 11 is 0. The lowest BCUT2D eigenvalue weighted by molar-refractivity contribution is 1.34. The minimum Gasteiger partial charge on any atom is -0.0801 e. The van der Waals surface area contributed by atoms with Crippen LogP contribution in [0.4, 0.5) is 0 Å². The Hall–Kier alpha value is -2.34. The van der Waals surface area contributed by atoms with Crippen molar-refractivity contribution in [2.75, 3.05) is 0 Å². The molecule has 1 radical (unpaired) electrons. The Kier molecular flexibility index (Phi) is 9.39. The van der Waals surface area contributed by atoms with E-state index in [1.807, 2.05) is 97.2 Å². The molecular weight excluding hydrogens is 228 g/mol. The van der Waals surface area contributed by atoms with E-state index in [1.165, 1.54) is 0 Å². The quantitative estimate of drug-likeness (QED) is 0.552. The lowest BCUT2D eigenvalue weighted by Crippen LogP contribution is -1.59. The highest BCUT2D eigenvalue weighted by molar-refractivity contribution is 5.22. The van der Waals surface area contributed by atoms with Crippen molar-refractivity contribution in [2.24, 2.45) is 0 Å². The lowest BCUT2D eigenvalue weighted by atomic mass is 10.3. The highest BCUT2D eigenvalue weighted by atomic mass is 13.8. The summed E-state index contributed by atoms with van der Waals surface area (Å²) in [6.07, 6.45) is 38.0. The first kappa shape index (κ1) is 14.7. The highest BCUT2D eigenvalue weighted by Crippen LogP contribution is 1.90. The lowest BCUT2D eigenvalue weighted by Gasteiger charge is -1.78. The number of allylic oxidation sites excluding steroid dienone is 18. The molecule has 1 aliphatic carbocycles. The third kappa shape index (κ3) is 10.5.